The number of methoxy groups -OCH3 is 2. The van der Waals surface area contributed by atoms with Gasteiger partial charge in [0.15, 0.2) is 0 Å². The number of ketones is 1. The topological polar surface area (TPSA) is 205 Å². The fourth-order valence-electron chi connectivity index (χ4n) is 7.50. The molecule has 16 heteroatoms. The second-order valence-corrected chi connectivity index (χ2v) is 12.8. The monoisotopic (exact) mass is 704 g/mol. The molecule has 8 amide bonds. The number of rotatable bonds is 6. The van der Waals surface area contributed by atoms with Crippen LogP contribution in [-0.2, 0) is 43.8 Å². The van der Waals surface area contributed by atoms with Crippen LogP contribution < -0.4 is 9.47 Å². The molecule has 0 bridgehead atoms. The normalized spacial score (nSPS) is 21.7. The molecule has 16 nitrogen and oxygen atoms in total. The molecule has 0 saturated carbocycles. The molecule has 0 radical (unpaired) electrons. The van der Waals surface area contributed by atoms with Crippen LogP contribution in [0.3, 0.4) is 0 Å². The van der Waals surface area contributed by atoms with Crippen molar-refractivity contribution in [1.82, 2.24) is 19.6 Å². The predicted molar refractivity (Wildman–Crippen MR) is 173 cm³/mol. The van der Waals surface area contributed by atoms with Crippen molar-refractivity contribution in [3.05, 3.63) is 52.1 Å². The fraction of sp³-hybridized carbons (Fsp3) is 0.400. The molecule has 3 aliphatic rings. The van der Waals surface area contributed by atoms with Crippen LogP contribution in [0.2, 0.25) is 0 Å². The molecule has 1 unspecified atom stereocenters. The first-order valence-corrected chi connectivity index (χ1v) is 15.8. The Morgan fingerprint density at radius 1 is 0.706 bits per heavy atom. The molecule has 1 N–H and O–H groups in total. The smallest absolute Gasteiger partial charge is 0.252 e. The Bertz CT molecular complexity index is 1900. The number of carbonyl (C=O) groups is 9. The van der Waals surface area contributed by atoms with E-state index in [-0.39, 0.29) is 33.8 Å². The summed E-state index contributed by atoms with van der Waals surface area (Å²) in [6.07, 6.45) is -1.26. The molecule has 2 aromatic rings. The summed E-state index contributed by atoms with van der Waals surface area (Å²) < 4.78 is 11.2. The molecule has 5 rings (SSSR count). The summed E-state index contributed by atoms with van der Waals surface area (Å²) in [6, 6.07) is 2.14. The van der Waals surface area contributed by atoms with E-state index in [9.17, 15) is 48.3 Å². The number of imide groups is 4. The van der Waals surface area contributed by atoms with E-state index in [0.29, 0.717) is 25.2 Å². The number of ether oxygens (including phenoxy) is 2. The summed E-state index contributed by atoms with van der Waals surface area (Å²) in [5, 5.41) is 11.4. The number of hydrogen-bond acceptors (Lipinski definition) is 12. The third-order valence-corrected chi connectivity index (χ3v) is 9.65. The van der Waals surface area contributed by atoms with Gasteiger partial charge in [-0.1, -0.05) is 6.07 Å². The zero-order chi connectivity index (χ0) is 37.9. The lowest BCUT2D eigenvalue weighted by Gasteiger charge is -2.49. The summed E-state index contributed by atoms with van der Waals surface area (Å²) in [7, 11) is 2.60. The van der Waals surface area contributed by atoms with Gasteiger partial charge in [-0.15, -0.1) is 0 Å². The third-order valence-electron chi connectivity index (χ3n) is 9.65. The predicted octanol–water partition coefficient (Wildman–Crippen LogP) is 0.593. The Morgan fingerprint density at radius 2 is 1.18 bits per heavy atom. The number of piperazine rings is 2. The SMILES string of the molecule is COc1cc(OC)c2c(c1)C(C[C@@H]1C(=O)N(C(C)=O)CC(=O)N1C(C)=O)(C[C@H]1C(=O)N(C(C)=O)CC(=O)N1C(C)=O)c1cc(C)cc(O)c1C2=O. The van der Waals surface area contributed by atoms with Gasteiger partial charge in [-0.3, -0.25) is 62.8 Å². The molecule has 2 aromatic carbocycles. The minimum atomic E-state index is -1.94. The Labute approximate surface area is 291 Å². The number of benzene rings is 2. The number of fused-ring (bicyclic) bond motifs is 2. The molecule has 268 valence electrons. The van der Waals surface area contributed by atoms with Gasteiger partial charge in [0.1, 0.15) is 42.4 Å². The maximum absolute atomic E-state index is 14.4. The zero-order valence-electron chi connectivity index (χ0n) is 29.0. The number of amides is 8. The molecule has 2 saturated heterocycles. The maximum Gasteiger partial charge on any atom is 0.252 e. The average molecular weight is 705 g/mol. The van der Waals surface area contributed by atoms with E-state index in [1.165, 1.54) is 38.5 Å². The zero-order valence-corrected chi connectivity index (χ0v) is 29.0. The highest BCUT2D eigenvalue weighted by Gasteiger charge is 2.56. The van der Waals surface area contributed by atoms with E-state index in [4.69, 9.17) is 9.47 Å². The number of carbonyl (C=O) groups excluding carboxylic acids is 9. The van der Waals surface area contributed by atoms with Gasteiger partial charge >= 0.3 is 0 Å². The van der Waals surface area contributed by atoms with Crippen molar-refractivity contribution < 1.29 is 57.7 Å². The lowest BCUT2D eigenvalue weighted by Crippen LogP contribution is -2.65. The van der Waals surface area contributed by atoms with Crippen LogP contribution in [0.1, 0.15) is 73.1 Å². The molecular formula is C35H36N4O12. The van der Waals surface area contributed by atoms with Gasteiger partial charge in [0, 0.05) is 39.2 Å². The van der Waals surface area contributed by atoms with E-state index in [2.05, 4.69) is 0 Å². The first kappa shape index (κ1) is 36.4. The number of nitrogens with zero attached hydrogens (tertiary/aromatic N) is 4. The third kappa shape index (κ3) is 5.79. The van der Waals surface area contributed by atoms with Crippen molar-refractivity contribution in [3.63, 3.8) is 0 Å². The summed E-state index contributed by atoms with van der Waals surface area (Å²) >= 11 is 0. The number of hydrogen-bond donors (Lipinski definition) is 1. The van der Waals surface area contributed by atoms with Crippen molar-refractivity contribution >= 4 is 53.0 Å². The molecule has 0 aromatic heterocycles. The molecule has 1 aliphatic carbocycles. The number of phenols is 1. The molecular weight excluding hydrogens is 668 g/mol. The van der Waals surface area contributed by atoms with Crippen molar-refractivity contribution in [1.29, 1.82) is 0 Å². The van der Waals surface area contributed by atoms with E-state index in [1.54, 1.807) is 6.92 Å². The van der Waals surface area contributed by atoms with Gasteiger partial charge in [-0.05, 0) is 48.6 Å². The highest BCUT2D eigenvalue weighted by molar-refractivity contribution is 6.17. The van der Waals surface area contributed by atoms with Gasteiger partial charge in [-0.2, -0.15) is 0 Å². The fourth-order valence-corrected chi connectivity index (χ4v) is 7.50. The lowest BCUT2D eigenvalue weighted by atomic mass is 9.59. The molecule has 51 heavy (non-hydrogen) atoms. The van der Waals surface area contributed by atoms with E-state index < -0.39 is 102 Å². The van der Waals surface area contributed by atoms with E-state index in [0.717, 1.165) is 27.7 Å². The van der Waals surface area contributed by atoms with Gasteiger partial charge in [0.05, 0.1) is 25.3 Å². The standard InChI is InChI=1S/C35H36N4O12/c1-16-8-22-30(26(44)9-16)32(47)31-23(10-21(50-6)11-27(31)51-7)35(22,12-24-33(48)36(17(2)40)14-28(45)38(24)19(4)42)13-25-34(49)37(18(3)41)15-29(46)39(25)20(5)43/h8-11,24-25,44H,12-15H2,1-7H3/t24-,25+,35?. The Kier molecular flexibility index (Phi) is 9.32. The highest BCUT2D eigenvalue weighted by Crippen LogP contribution is 2.54. The van der Waals surface area contributed by atoms with Gasteiger partial charge in [0.25, 0.3) is 11.8 Å². The first-order valence-electron chi connectivity index (χ1n) is 15.8. The molecule has 2 fully saturated rings. The molecule has 0 spiro atoms. The largest absolute Gasteiger partial charge is 0.507 e. The van der Waals surface area contributed by atoms with Crippen molar-refractivity contribution in [2.75, 3.05) is 27.3 Å². The van der Waals surface area contributed by atoms with Gasteiger partial charge in [0.2, 0.25) is 41.2 Å². The minimum absolute atomic E-state index is 0.0141. The Hall–Kier alpha value is -5.93. The lowest BCUT2D eigenvalue weighted by molar-refractivity contribution is -0.168. The number of aromatic hydroxyl groups is 1. The summed E-state index contributed by atoms with van der Waals surface area (Å²) in [5.74, 6) is -8.13. The van der Waals surface area contributed by atoms with Crippen LogP contribution in [0.5, 0.6) is 17.2 Å². The van der Waals surface area contributed by atoms with Crippen LogP contribution in [0.15, 0.2) is 24.3 Å². The second kappa shape index (κ2) is 13.1. The molecule has 2 aliphatic heterocycles. The van der Waals surface area contributed by atoms with Crippen LogP contribution in [-0.4, -0.2) is 117 Å². The van der Waals surface area contributed by atoms with Crippen LogP contribution in [0.4, 0.5) is 0 Å². The van der Waals surface area contributed by atoms with Crippen molar-refractivity contribution in [2.45, 2.75) is 65.0 Å². The van der Waals surface area contributed by atoms with E-state index in [1.807, 2.05) is 0 Å². The van der Waals surface area contributed by atoms with Crippen molar-refractivity contribution in [3.8, 4) is 17.2 Å². The van der Waals surface area contributed by atoms with Crippen LogP contribution in [0.25, 0.3) is 0 Å². The average Bonchev–Trinajstić information content (AvgIpc) is 3.04. The van der Waals surface area contributed by atoms with Gasteiger partial charge < -0.3 is 14.6 Å². The quantitative estimate of drug-likeness (QED) is 0.439. The summed E-state index contributed by atoms with van der Waals surface area (Å²) in [5.41, 5.74) is -1.91. The number of phenolic OH excluding ortho intramolecular Hbond substituents is 1. The maximum atomic E-state index is 14.4. The van der Waals surface area contributed by atoms with Crippen molar-refractivity contribution in [2.24, 2.45) is 0 Å². The first-order chi connectivity index (χ1) is 23.9. The summed E-state index contributed by atoms with van der Waals surface area (Å²) in [6.45, 7) is 4.37. The Balaban J connectivity index is 1.95. The van der Waals surface area contributed by atoms with Crippen LogP contribution >= 0.6 is 0 Å². The van der Waals surface area contributed by atoms with Gasteiger partial charge in [-0.25, -0.2) is 0 Å². The van der Waals surface area contributed by atoms with E-state index >= 15 is 0 Å². The Morgan fingerprint density at radius 3 is 1.59 bits per heavy atom. The van der Waals surface area contributed by atoms with Crippen LogP contribution in [0, 0.1) is 6.92 Å². The second-order valence-electron chi connectivity index (χ2n) is 12.8. The number of aryl methyl sites for hydroxylation is 1. The molecule has 2 heterocycles. The summed E-state index contributed by atoms with van der Waals surface area (Å²) in [4.78, 5) is 124. The molecule has 3 atom stereocenters. The highest BCUT2D eigenvalue weighted by atomic mass is 16.5. The minimum Gasteiger partial charge on any atom is -0.507 e.